The van der Waals surface area contributed by atoms with Crippen LogP contribution in [0.4, 0.5) is 0 Å². The summed E-state index contributed by atoms with van der Waals surface area (Å²) in [6.07, 6.45) is 0.163. The summed E-state index contributed by atoms with van der Waals surface area (Å²) in [5.41, 5.74) is 6.51. The highest BCUT2D eigenvalue weighted by Gasteiger charge is 2.10. The van der Waals surface area contributed by atoms with Crippen LogP contribution in [0.1, 0.15) is 18.9 Å². The standard InChI is InChI=1S/C12H18N2O3/c1-8-4-5-10(11(6-8)16-3)17-9(2)7-12(13)14-15/h4-6,9,15H,7H2,1-3H3,(H2,13,14). The second-order valence-corrected chi connectivity index (χ2v) is 3.88. The summed E-state index contributed by atoms with van der Waals surface area (Å²) in [4.78, 5) is 0. The number of rotatable bonds is 5. The maximum absolute atomic E-state index is 8.47. The molecule has 0 radical (unpaired) electrons. The minimum absolute atomic E-state index is 0.142. The number of nitrogens with two attached hydrogens (primary N) is 1. The van der Waals surface area contributed by atoms with Gasteiger partial charge in [0.2, 0.25) is 0 Å². The zero-order chi connectivity index (χ0) is 12.8. The SMILES string of the molecule is COc1cc(C)ccc1OC(C)CC(N)=NO. The molecule has 0 aliphatic carbocycles. The molecule has 0 heterocycles. The molecule has 0 amide bonds. The first-order valence-electron chi connectivity index (χ1n) is 5.34. The van der Waals surface area contributed by atoms with E-state index in [4.69, 9.17) is 20.4 Å². The van der Waals surface area contributed by atoms with Gasteiger partial charge in [0, 0.05) is 6.42 Å². The summed E-state index contributed by atoms with van der Waals surface area (Å²) in [6.45, 7) is 3.82. The number of hydrogen-bond acceptors (Lipinski definition) is 4. The first kappa shape index (κ1) is 13.2. The van der Waals surface area contributed by atoms with Gasteiger partial charge in [-0.1, -0.05) is 11.2 Å². The van der Waals surface area contributed by atoms with E-state index in [9.17, 15) is 0 Å². The van der Waals surface area contributed by atoms with Crippen molar-refractivity contribution in [3.05, 3.63) is 23.8 Å². The van der Waals surface area contributed by atoms with Gasteiger partial charge in [-0.15, -0.1) is 0 Å². The van der Waals surface area contributed by atoms with Crippen LogP contribution in [0.25, 0.3) is 0 Å². The van der Waals surface area contributed by atoms with Crippen LogP contribution in [0.15, 0.2) is 23.4 Å². The summed E-state index contributed by atoms with van der Waals surface area (Å²) in [5.74, 6) is 1.47. The lowest BCUT2D eigenvalue weighted by atomic mass is 10.2. The molecule has 94 valence electrons. The Balaban J connectivity index is 2.74. The van der Waals surface area contributed by atoms with Crippen molar-refractivity contribution in [2.75, 3.05) is 7.11 Å². The van der Waals surface area contributed by atoms with Gasteiger partial charge in [0.05, 0.1) is 7.11 Å². The molecular formula is C12H18N2O3. The van der Waals surface area contributed by atoms with E-state index in [1.807, 2.05) is 32.0 Å². The van der Waals surface area contributed by atoms with E-state index < -0.39 is 0 Å². The third kappa shape index (κ3) is 3.86. The Labute approximate surface area is 101 Å². The van der Waals surface area contributed by atoms with Gasteiger partial charge in [0.15, 0.2) is 11.5 Å². The Bertz CT molecular complexity index is 405. The molecular weight excluding hydrogens is 220 g/mol. The summed E-state index contributed by atoms with van der Waals surface area (Å²) < 4.78 is 10.9. The lowest BCUT2D eigenvalue weighted by Gasteiger charge is -2.16. The van der Waals surface area contributed by atoms with Gasteiger partial charge in [-0.2, -0.15) is 0 Å². The number of oxime groups is 1. The predicted molar refractivity (Wildman–Crippen MR) is 65.8 cm³/mol. The fraction of sp³-hybridized carbons (Fsp3) is 0.417. The van der Waals surface area contributed by atoms with Crippen molar-refractivity contribution in [2.24, 2.45) is 10.9 Å². The molecule has 1 unspecified atom stereocenters. The van der Waals surface area contributed by atoms with Gasteiger partial charge in [-0.3, -0.25) is 0 Å². The highest BCUT2D eigenvalue weighted by Crippen LogP contribution is 2.28. The van der Waals surface area contributed by atoms with Crippen LogP contribution in [0.2, 0.25) is 0 Å². The fourth-order valence-electron chi connectivity index (χ4n) is 1.47. The summed E-state index contributed by atoms with van der Waals surface area (Å²) in [6, 6.07) is 5.68. The molecule has 0 saturated carbocycles. The van der Waals surface area contributed by atoms with Crippen LogP contribution in [0.3, 0.4) is 0 Å². The van der Waals surface area contributed by atoms with Gasteiger partial charge in [-0.05, 0) is 31.5 Å². The summed E-state index contributed by atoms with van der Waals surface area (Å²) in [5, 5.41) is 11.4. The second-order valence-electron chi connectivity index (χ2n) is 3.88. The van der Waals surface area contributed by atoms with Crippen LogP contribution < -0.4 is 15.2 Å². The largest absolute Gasteiger partial charge is 0.493 e. The van der Waals surface area contributed by atoms with Gasteiger partial charge >= 0.3 is 0 Å². The summed E-state index contributed by atoms with van der Waals surface area (Å²) >= 11 is 0. The lowest BCUT2D eigenvalue weighted by Crippen LogP contribution is -2.22. The molecule has 0 aromatic heterocycles. The Morgan fingerprint density at radius 2 is 2.18 bits per heavy atom. The fourth-order valence-corrected chi connectivity index (χ4v) is 1.47. The minimum atomic E-state index is -0.192. The maximum Gasteiger partial charge on any atom is 0.161 e. The average molecular weight is 238 g/mol. The Morgan fingerprint density at radius 3 is 2.76 bits per heavy atom. The van der Waals surface area contributed by atoms with E-state index in [1.54, 1.807) is 7.11 Å². The quantitative estimate of drug-likeness (QED) is 0.355. The van der Waals surface area contributed by atoms with Crippen molar-refractivity contribution in [2.45, 2.75) is 26.4 Å². The Kier molecular flexibility index (Phi) is 4.63. The van der Waals surface area contributed by atoms with Gasteiger partial charge in [-0.25, -0.2) is 0 Å². The molecule has 0 spiro atoms. The number of hydrogen-bond donors (Lipinski definition) is 2. The van der Waals surface area contributed by atoms with Crippen molar-refractivity contribution in [3.63, 3.8) is 0 Å². The molecule has 0 bridgehead atoms. The van der Waals surface area contributed by atoms with Crippen molar-refractivity contribution in [1.82, 2.24) is 0 Å². The van der Waals surface area contributed by atoms with E-state index >= 15 is 0 Å². The van der Waals surface area contributed by atoms with Crippen LogP contribution >= 0.6 is 0 Å². The zero-order valence-electron chi connectivity index (χ0n) is 10.3. The number of aryl methyl sites for hydroxylation is 1. The number of benzene rings is 1. The molecule has 5 heteroatoms. The second kappa shape index (κ2) is 5.98. The number of amidine groups is 1. The third-order valence-electron chi connectivity index (χ3n) is 2.27. The molecule has 3 N–H and O–H groups in total. The third-order valence-corrected chi connectivity index (χ3v) is 2.27. The minimum Gasteiger partial charge on any atom is -0.493 e. The maximum atomic E-state index is 8.47. The predicted octanol–water partition coefficient (Wildman–Crippen LogP) is 1.91. The van der Waals surface area contributed by atoms with E-state index in [1.165, 1.54) is 0 Å². The molecule has 17 heavy (non-hydrogen) atoms. The van der Waals surface area contributed by atoms with Crippen molar-refractivity contribution in [1.29, 1.82) is 0 Å². The van der Waals surface area contributed by atoms with Crippen molar-refractivity contribution >= 4 is 5.84 Å². The molecule has 1 aromatic rings. The van der Waals surface area contributed by atoms with E-state index in [2.05, 4.69) is 5.16 Å². The van der Waals surface area contributed by atoms with Crippen LogP contribution in [0, 0.1) is 6.92 Å². The van der Waals surface area contributed by atoms with Gasteiger partial charge in [0.1, 0.15) is 11.9 Å². The molecule has 0 aliphatic heterocycles. The first-order chi connectivity index (χ1) is 8.06. The van der Waals surface area contributed by atoms with Crippen molar-refractivity contribution in [3.8, 4) is 11.5 Å². The van der Waals surface area contributed by atoms with Crippen LogP contribution in [-0.4, -0.2) is 24.3 Å². The smallest absolute Gasteiger partial charge is 0.161 e. The normalized spacial score (nSPS) is 13.2. The lowest BCUT2D eigenvalue weighted by molar-refractivity contribution is 0.216. The van der Waals surface area contributed by atoms with Crippen LogP contribution in [0.5, 0.6) is 11.5 Å². The molecule has 5 nitrogen and oxygen atoms in total. The van der Waals surface area contributed by atoms with Gasteiger partial charge in [0.25, 0.3) is 0 Å². The monoisotopic (exact) mass is 238 g/mol. The number of nitrogens with zero attached hydrogens (tertiary/aromatic N) is 1. The molecule has 0 saturated heterocycles. The highest BCUT2D eigenvalue weighted by atomic mass is 16.5. The van der Waals surface area contributed by atoms with Crippen molar-refractivity contribution < 1.29 is 14.7 Å². The number of methoxy groups -OCH3 is 1. The topological polar surface area (TPSA) is 77.1 Å². The zero-order valence-corrected chi connectivity index (χ0v) is 10.3. The van der Waals surface area contributed by atoms with Crippen LogP contribution in [-0.2, 0) is 0 Å². The highest BCUT2D eigenvalue weighted by molar-refractivity contribution is 5.80. The van der Waals surface area contributed by atoms with Gasteiger partial charge < -0.3 is 20.4 Å². The van der Waals surface area contributed by atoms with E-state index in [-0.39, 0.29) is 11.9 Å². The Morgan fingerprint density at radius 1 is 1.47 bits per heavy atom. The first-order valence-corrected chi connectivity index (χ1v) is 5.34. The van der Waals surface area contributed by atoms with E-state index in [0.29, 0.717) is 17.9 Å². The average Bonchev–Trinajstić information content (AvgIpc) is 2.31. The molecule has 0 fully saturated rings. The number of ether oxygens (including phenoxy) is 2. The molecule has 0 aliphatic rings. The van der Waals surface area contributed by atoms with E-state index in [0.717, 1.165) is 5.56 Å². The summed E-state index contributed by atoms with van der Waals surface area (Å²) in [7, 11) is 1.59. The molecule has 1 atom stereocenters. The molecule has 1 aromatic carbocycles. The Hall–Kier alpha value is -1.91. The molecule has 1 rings (SSSR count).